The number of rotatable bonds is 6. The highest BCUT2D eigenvalue weighted by Gasteiger charge is 2.54. The monoisotopic (exact) mass is 958 g/mol. The molecule has 1 unspecified atom stereocenters. The second-order valence-corrected chi connectivity index (χ2v) is 19.3. The van der Waals surface area contributed by atoms with Crippen molar-refractivity contribution < 1.29 is 0 Å². The third-order valence-electron chi connectivity index (χ3n) is 11.7. The molecule has 3 aliphatic rings. The van der Waals surface area contributed by atoms with Crippen LogP contribution in [0.5, 0.6) is 0 Å². The zero-order chi connectivity index (χ0) is 37.5. The summed E-state index contributed by atoms with van der Waals surface area (Å²) in [6, 6.07) is 48.7. The summed E-state index contributed by atoms with van der Waals surface area (Å²) in [6.07, 6.45) is 3.48. The number of fused-ring (bicyclic) bond motifs is 5. The molecule has 268 valence electrons. The molecule has 0 N–H and O–H groups in total. The van der Waals surface area contributed by atoms with Gasteiger partial charge >= 0.3 is 0 Å². The zero-order valence-corrected chi connectivity index (χ0v) is 36.8. The summed E-state index contributed by atoms with van der Waals surface area (Å²) in [4.78, 5) is 4.74. The molecule has 0 aliphatic heterocycles. The van der Waals surface area contributed by atoms with Crippen molar-refractivity contribution in [3.8, 4) is 0 Å². The summed E-state index contributed by atoms with van der Waals surface area (Å²) in [5, 5.41) is 0. The second-order valence-electron chi connectivity index (χ2n) is 15.6. The van der Waals surface area contributed by atoms with Crippen LogP contribution < -0.4 is 9.80 Å². The molecule has 3 aliphatic carbocycles. The van der Waals surface area contributed by atoms with E-state index in [2.05, 4.69) is 241 Å². The highest BCUT2D eigenvalue weighted by Crippen LogP contribution is 2.67. The van der Waals surface area contributed by atoms with Gasteiger partial charge in [-0.15, -0.1) is 0 Å². The van der Waals surface area contributed by atoms with E-state index in [-0.39, 0.29) is 16.7 Å². The predicted molar refractivity (Wildman–Crippen MR) is 242 cm³/mol. The first-order valence-corrected chi connectivity index (χ1v) is 21.4. The van der Waals surface area contributed by atoms with E-state index in [4.69, 9.17) is 0 Å². The summed E-state index contributed by atoms with van der Waals surface area (Å²) < 4.78 is 4.27. The van der Waals surface area contributed by atoms with Crippen LogP contribution in [0.15, 0.2) is 162 Å². The molecule has 0 saturated carbocycles. The maximum Gasteiger partial charge on any atom is 0.0467 e. The highest BCUT2D eigenvalue weighted by molar-refractivity contribution is 9.11. The summed E-state index contributed by atoms with van der Waals surface area (Å²) in [5.74, 6) is 0.272. The largest absolute Gasteiger partial charge is 0.310 e. The number of halogens is 4. The molecule has 54 heavy (non-hydrogen) atoms. The first-order chi connectivity index (χ1) is 25.9. The maximum atomic E-state index is 3.65. The van der Waals surface area contributed by atoms with Crippen LogP contribution in [0, 0.1) is 10.8 Å². The number of benzene rings is 6. The molecular formula is C48H38Br4N2. The van der Waals surface area contributed by atoms with E-state index in [0.29, 0.717) is 0 Å². The molecule has 6 heteroatoms. The molecule has 0 amide bonds. The van der Waals surface area contributed by atoms with Gasteiger partial charge in [0.25, 0.3) is 0 Å². The van der Waals surface area contributed by atoms with Gasteiger partial charge < -0.3 is 9.80 Å². The van der Waals surface area contributed by atoms with Crippen LogP contribution in [0.4, 0.5) is 34.1 Å². The van der Waals surface area contributed by atoms with E-state index in [1.54, 1.807) is 5.57 Å². The second kappa shape index (κ2) is 13.5. The van der Waals surface area contributed by atoms with Gasteiger partial charge in [-0.05, 0) is 161 Å². The van der Waals surface area contributed by atoms with Gasteiger partial charge in [0.2, 0.25) is 0 Å². The summed E-state index contributed by atoms with van der Waals surface area (Å²) in [6.45, 7) is 9.90. The van der Waals surface area contributed by atoms with E-state index >= 15 is 0 Å². The summed E-state index contributed by atoms with van der Waals surface area (Å²) >= 11 is 14.6. The smallest absolute Gasteiger partial charge is 0.0467 e. The Hall–Kier alpha value is -3.68. The van der Waals surface area contributed by atoms with Gasteiger partial charge in [0, 0.05) is 63.3 Å². The lowest BCUT2D eigenvalue weighted by Crippen LogP contribution is -2.36. The normalized spacial score (nSPS) is 17.3. The van der Waals surface area contributed by atoms with Crippen LogP contribution in [0.1, 0.15) is 55.9 Å². The lowest BCUT2D eigenvalue weighted by Gasteiger charge is -2.48. The zero-order valence-electron chi connectivity index (χ0n) is 30.5. The molecule has 0 radical (unpaired) electrons. The van der Waals surface area contributed by atoms with Crippen LogP contribution in [0.2, 0.25) is 0 Å². The highest BCUT2D eigenvalue weighted by atomic mass is 79.9. The number of allylic oxidation sites excluding steroid dienone is 3. The van der Waals surface area contributed by atoms with Crippen molar-refractivity contribution in [3.05, 3.63) is 185 Å². The van der Waals surface area contributed by atoms with E-state index < -0.39 is 0 Å². The molecular weight excluding hydrogens is 924 g/mol. The lowest BCUT2D eigenvalue weighted by atomic mass is 9.55. The molecule has 2 nitrogen and oxygen atoms in total. The first kappa shape index (κ1) is 36.0. The van der Waals surface area contributed by atoms with Gasteiger partial charge in [-0.3, -0.25) is 0 Å². The van der Waals surface area contributed by atoms with E-state index in [9.17, 15) is 0 Å². The molecule has 6 aromatic carbocycles. The Balaban J connectivity index is 1.15. The van der Waals surface area contributed by atoms with Crippen LogP contribution in [-0.4, -0.2) is 0 Å². The molecule has 0 bridgehead atoms. The number of hydrogen-bond acceptors (Lipinski definition) is 2. The van der Waals surface area contributed by atoms with Gasteiger partial charge in [-0.25, -0.2) is 0 Å². The standard InChI is InChI=1S/C48H38Br4N2/c1-47(2)43-25-29-5-15-40(54(37-21-11-33(51)12-22-37)38-23-13-34(52)14-24-38)28-42(29)46(43)48(3,4)44-26-30-6-16-39(27-41(30)45(44)47)53(35-17-7-31(49)8-18-35)36-19-9-32(50)10-20-36/h5-25,27-28,46H,26H2,1-4H3. The minimum atomic E-state index is -0.157. The van der Waals surface area contributed by atoms with Crippen LogP contribution >= 0.6 is 63.7 Å². The van der Waals surface area contributed by atoms with Gasteiger partial charge in [0.05, 0.1) is 0 Å². The third-order valence-corrected chi connectivity index (χ3v) is 13.9. The average Bonchev–Trinajstić information content (AvgIpc) is 3.76. The van der Waals surface area contributed by atoms with E-state index in [0.717, 1.165) is 52.7 Å². The summed E-state index contributed by atoms with van der Waals surface area (Å²) in [5.41, 5.74) is 16.7. The Kier molecular flexibility index (Phi) is 9.00. The fourth-order valence-corrected chi connectivity index (χ4v) is 10.2. The first-order valence-electron chi connectivity index (χ1n) is 18.3. The fourth-order valence-electron chi connectivity index (χ4n) is 9.19. The Morgan fingerprint density at radius 2 is 0.907 bits per heavy atom. The minimum absolute atomic E-state index is 0.0864. The topological polar surface area (TPSA) is 6.48 Å². The van der Waals surface area contributed by atoms with Crippen molar-refractivity contribution in [1.29, 1.82) is 0 Å². The molecule has 0 aromatic heterocycles. The Morgan fingerprint density at radius 3 is 1.37 bits per heavy atom. The summed E-state index contributed by atoms with van der Waals surface area (Å²) in [7, 11) is 0. The Morgan fingerprint density at radius 1 is 0.500 bits per heavy atom. The Bertz CT molecular complexity index is 2400. The average molecular weight is 962 g/mol. The van der Waals surface area contributed by atoms with Gasteiger partial charge in [-0.2, -0.15) is 0 Å². The van der Waals surface area contributed by atoms with E-state index in [1.165, 1.54) is 39.1 Å². The van der Waals surface area contributed by atoms with Gasteiger partial charge in [-0.1, -0.05) is 121 Å². The third kappa shape index (κ3) is 6.00. The molecule has 0 saturated heterocycles. The van der Waals surface area contributed by atoms with Crippen molar-refractivity contribution >= 4 is 109 Å². The number of nitrogens with zero attached hydrogens (tertiary/aromatic N) is 2. The lowest BCUT2D eigenvalue weighted by molar-refractivity contribution is 0.328. The van der Waals surface area contributed by atoms with Crippen LogP contribution in [0.3, 0.4) is 0 Å². The van der Waals surface area contributed by atoms with Crippen molar-refractivity contribution in [3.63, 3.8) is 0 Å². The van der Waals surface area contributed by atoms with Crippen molar-refractivity contribution in [2.45, 2.75) is 40.0 Å². The Labute approximate surface area is 352 Å². The SMILES string of the molecule is CC1(C)C2=Cc3ccc(N(c4ccc(Br)cc4)c4ccc(Br)cc4)cc3C2C(C)(C)C2=C1c1cc(N(c3ccc(Br)cc3)c3ccc(Br)cc3)ccc1C2. The number of anilines is 6. The van der Waals surface area contributed by atoms with Crippen LogP contribution in [0.25, 0.3) is 11.6 Å². The molecule has 1 atom stereocenters. The van der Waals surface area contributed by atoms with Crippen LogP contribution in [-0.2, 0) is 6.42 Å². The predicted octanol–water partition coefficient (Wildman–Crippen LogP) is 16.2. The van der Waals surface area contributed by atoms with Gasteiger partial charge in [0.15, 0.2) is 0 Å². The number of hydrogen-bond donors (Lipinski definition) is 0. The molecule has 0 heterocycles. The molecule has 0 spiro atoms. The van der Waals surface area contributed by atoms with Crippen molar-refractivity contribution in [2.24, 2.45) is 10.8 Å². The molecule has 0 fully saturated rings. The quantitative estimate of drug-likeness (QED) is 0.164. The maximum absolute atomic E-state index is 3.65. The van der Waals surface area contributed by atoms with Gasteiger partial charge in [0.1, 0.15) is 0 Å². The minimum Gasteiger partial charge on any atom is -0.310 e. The fraction of sp³-hybridized carbons (Fsp3) is 0.167. The molecule has 9 rings (SSSR count). The van der Waals surface area contributed by atoms with Crippen molar-refractivity contribution in [1.82, 2.24) is 0 Å². The van der Waals surface area contributed by atoms with E-state index in [1.807, 2.05) is 0 Å². The van der Waals surface area contributed by atoms with Crippen molar-refractivity contribution in [2.75, 3.05) is 9.80 Å². The molecule has 6 aromatic rings.